The lowest BCUT2D eigenvalue weighted by atomic mass is 10.0. The molecular weight excluding hydrogens is 451 g/mol. The summed E-state index contributed by atoms with van der Waals surface area (Å²) in [6.45, 7) is 14.2. The number of halogens is 1. The maximum Gasteiger partial charge on any atom is 0.232 e. The van der Waals surface area contributed by atoms with Gasteiger partial charge in [0.15, 0.2) is 0 Å². The second kappa shape index (κ2) is 9.01. The number of anilines is 3. The molecule has 0 atom stereocenters. The second-order valence-corrected chi connectivity index (χ2v) is 8.19. The van der Waals surface area contributed by atoms with Gasteiger partial charge in [-0.15, -0.1) is 6.58 Å². The van der Waals surface area contributed by atoms with Crippen LogP contribution in [0.1, 0.15) is 31.0 Å². The highest BCUT2D eigenvalue weighted by atomic mass is 127. The minimum Gasteiger partial charge on any atom is -0.378 e. The molecule has 0 saturated carbocycles. The average molecular weight is 478 g/mol. The molecule has 6 heteroatoms. The largest absolute Gasteiger partial charge is 0.378 e. The number of morpholine rings is 1. The van der Waals surface area contributed by atoms with Crippen LogP contribution in [-0.4, -0.2) is 42.8 Å². The van der Waals surface area contributed by atoms with Gasteiger partial charge in [-0.25, -0.2) is 4.98 Å². The molecule has 1 aromatic heterocycles. The maximum atomic E-state index is 5.47. The smallest absolute Gasteiger partial charge is 0.232 e. The summed E-state index contributed by atoms with van der Waals surface area (Å²) in [7, 11) is 0. The van der Waals surface area contributed by atoms with E-state index in [9.17, 15) is 0 Å². The van der Waals surface area contributed by atoms with Gasteiger partial charge >= 0.3 is 0 Å². The summed E-state index contributed by atoms with van der Waals surface area (Å²) in [6.07, 6.45) is 1.90. The Hall–Kier alpha value is -1.67. The molecule has 2 heterocycles. The number of hydrogen-bond acceptors (Lipinski definition) is 5. The van der Waals surface area contributed by atoms with E-state index in [1.165, 1.54) is 9.13 Å². The summed E-state index contributed by atoms with van der Waals surface area (Å²) >= 11 is 2.40. The molecule has 0 N–H and O–H groups in total. The Balaban J connectivity index is 1.99. The fourth-order valence-electron chi connectivity index (χ4n) is 3.13. The van der Waals surface area contributed by atoms with Crippen LogP contribution in [0.2, 0.25) is 0 Å². The van der Waals surface area contributed by atoms with Gasteiger partial charge < -0.3 is 14.5 Å². The predicted octanol–water partition coefficient (Wildman–Crippen LogP) is 4.67. The zero-order valence-corrected chi connectivity index (χ0v) is 18.4. The molecule has 1 aliphatic heterocycles. The molecular formula is C21H27IN4O. The predicted molar refractivity (Wildman–Crippen MR) is 120 cm³/mol. The van der Waals surface area contributed by atoms with Crippen molar-refractivity contribution in [3.8, 4) is 0 Å². The van der Waals surface area contributed by atoms with Crippen LogP contribution >= 0.6 is 22.6 Å². The van der Waals surface area contributed by atoms with Crippen LogP contribution in [0.5, 0.6) is 0 Å². The third-order valence-corrected chi connectivity index (χ3v) is 5.51. The molecule has 0 bridgehead atoms. The first-order valence-electron chi connectivity index (χ1n) is 9.36. The minimum atomic E-state index is 0.503. The molecule has 0 aliphatic carbocycles. The van der Waals surface area contributed by atoms with Gasteiger partial charge in [0, 0.05) is 35.0 Å². The second-order valence-electron chi connectivity index (χ2n) is 7.03. The summed E-state index contributed by atoms with van der Waals surface area (Å²) in [5, 5.41) is 0. The summed E-state index contributed by atoms with van der Waals surface area (Å²) < 4.78 is 6.67. The van der Waals surface area contributed by atoms with Gasteiger partial charge in [-0.1, -0.05) is 26.0 Å². The number of aromatic nitrogens is 2. The molecule has 0 unspecified atom stereocenters. The molecule has 1 aromatic carbocycles. The quantitative estimate of drug-likeness (QED) is 0.446. The van der Waals surface area contributed by atoms with E-state index in [-0.39, 0.29) is 0 Å². The van der Waals surface area contributed by atoms with Crippen molar-refractivity contribution in [1.29, 1.82) is 0 Å². The Morgan fingerprint density at radius 2 is 2.00 bits per heavy atom. The van der Waals surface area contributed by atoms with Gasteiger partial charge in [-0.2, -0.15) is 4.98 Å². The first kappa shape index (κ1) is 20.1. The molecule has 144 valence electrons. The van der Waals surface area contributed by atoms with Crippen molar-refractivity contribution in [2.24, 2.45) is 0 Å². The molecule has 5 nitrogen and oxygen atoms in total. The van der Waals surface area contributed by atoms with Crippen LogP contribution in [0, 0.1) is 10.5 Å². The number of hydrogen-bond donors (Lipinski definition) is 0. The van der Waals surface area contributed by atoms with Crippen molar-refractivity contribution in [2.75, 3.05) is 42.6 Å². The molecule has 2 aromatic rings. The molecule has 0 radical (unpaired) electrons. The fourth-order valence-corrected chi connectivity index (χ4v) is 3.96. The van der Waals surface area contributed by atoms with Gasteiger partial charge in [-0.05, 0) is 53.1 Å². The zero-order valence-electron chi connectivity index (χ0n) is 16.3. The highest BCUT2D eigenvalue weighted by molar-refractivity contribution is 14.1. The molecule has 0 spiro atoms. The minimum absolute atomic E-state index is 0.503. The van der Waals surface area contributed by atoms with Crippen LogP contribution in [0.15, 0.2) is 36.9 Å². The van der Waals surface area contributed by atoms with E-state index < -0.39 is 0 Å². The van der Waals surface area contributed by atoms with Crippen LogP contribution in [0.4, 0.5) is 17.5 Å². The number of benzene rings is 1. The van der Waals surface area contributed by atoms with E-state index in [4.69, 9.17) is 14.7 Å². The summed E-state index contributed by atoms with van der Waals surface area (Å²) in [6, 6.07) is 8.65. The first-order chi connectivity index (χ1) is 13.0. The highest BCUT2D eigenvalue weighted by Crippen LogP contribution is 2.31. The number of rotatable bonds is 6. The van der Waals surface area contributed by atoms with Crippen LogP contribution in [0.25, 0.3) is 0 Å². The van der Waals surface area contributed by atoms with Crippen molar-refractivity contribution < 1.29 is 4.74 Å². The Kier molecular flexibility index (Phi) is 6.70. The van der Waals surface area contributed by atoms with Gasteiger partial charge in [0.1, 0.15) is 5.82 Å². The van der Waals surface area contributed by atoms with E-state index in [1.807, 2.05) is 19.1 Å². The monoisotopic (exact) mass is 478 g/mol. The SMILES string of the molecule is C=CCN(c1nc(C)cc(N2CCOCC2)n1)c1ccc(C(C)C)cc1I. The highest BCUT2D eigenvalue weighted by Gasteiger charge is 2.19. The van der Waals surface area contributed by atoms with E-state index >= 15 is 0 Å². The standard InChI is InChI=1S/C21H27IN4O/c1-5-8-26(19-7-6-17(15(2)3)14-18(19)22)21-23-16(4)13-20(24-21)25-9-11-27-12-10-25/h5-7,13-15H,1,8-12H2,2-4H3. The number of aryl methyl sites for hydroxylation is 1. The van der Waals surface area contributed by atoms with Crippen molar-refractivity contribution in [3.05, 3.63) is 51.7 Å². The third-order valence-electron chi connectivity index (χ3n) is 4.65. The van der Waals surface area contributed by atoms with Crippen molar-refractivity contribution in [3.63, 3.8) is 0 Å². The van der Waals surface area contributed by atoms with Crippen molar-refractivity contribution in [1.82, 2.24) is 9.97 Å². The summed E-state index contributed by atoms with van der Waals surface area (Å²) in [5.74, 6) is 2.18. The van der Waals surface area contributed by atoms with Crippen molar-refractivity contribution >= 4 is 40.0 Å². The van der Waals surface area contributed by atoms with Crippen molar-refractivity contribution in [2.45, 2.75) is 26.7 Å². The molecule has 27 heavy (non-hydrogen) atoms. The van der Waals surface area contributed by atoms with Gasteiger partial charge in [0.2, 0.25) is 5.95 Å². The van der Waals surface area contributed by atoms with Gasteiger partial charge in [0.25, 0.3) is 0 Å². The lowest BCUT2D eigenvalue weighted by Crippen LogP contribution is -2.37. The third kappa shape index (κ3) is 4.79. The first-order valence-corrected chi connectivity index (χ1v) is 10.4. The number of nitrogens with zero attached hydrogens (tertiary/aromatic N) is 4. The normalized spacial score (nSPS) is 14.5. The summed E-state index contributed by atoms with van der Waals surface area (Å²) in [4.78, 5) is 14.0. The Labute approximate surface area is 175 Å². The molecule has 1 saturated heterocycles. The van der Waals surface area contributed by atoms with E-state index in [0.717, 1.165) is 43.5 Å². The lowest BCUT2D eigenvalue weighted by molar-refractivity contribution is 0.122. The van der Waals surface area contributed by atoms with E-state index in [1.54, 1.807) is 0 Å². The van der Waals surface area contributed by atoms with Crippen LogP contribution in [-0.2, 0) is 4.74 Å². The molecule has 1 aliphatic rings. The fraction of sp³-hybridized carbons (Fsp3) is 0.429. The Morgan fingerprint density at radius 1 is 1.26 bits per heavy atom. The Bertz CT molecular complexity index is 803. The van der Waals surface area contributed by atoms with Crippen LogP contribution in [0.3, 0.4) is 0 Å². The van der Waals surface area contributed by atoms with Crippen LogP contribution < -0.4 is 9.80 Å². The number of ether oxygens (including phenoxy) is 1. The van der Waals surface area contributed by atoms with Gasteiger partial charge in [0.05, 0.1) is 18.9 Å². The zero-order chi connectivity index (χ0) is 19.4. The molecule has 3 rings (SSSR count). The van der Waals surface area contributed by atoms with E-state index in [2.05, 4.69) is 71.0 Å². The van der Waals surface area contributed by atoms with E-state index in [0.29, 0.717) is 18.4 Å². The average Bonchev–Trinajstić information content (AvgIpc) is 2.66. The lowest BCUT2D eigenvalue weighted by Gasteiger charge is -2.29. The molecule has 0 amide bonds. The maximum absolute atomic E-state index is 5.47. The molecule has 1 fully saturated rings. The summed E-state index contributed by atoms with van der Waals surface area (Å²) in [5.41, 5.74) is 3.41. The Morgan fingerprint density at radius 3 is 2.63 bits per heavy atom. The van der Waals surface area contributed by atoms with Gasteiger partial charge in [-0.3, -0.25) is 0 Å². The topological polar surface area (TPSA) is 41.5 Å².